The summed E-state index contributed by atoms with van der Waals surface area (Å²) in [5, 5.41) is 8.79. The van der Waals surface area contributed by atoms with Crippen molar-refractivity contribution in [2.75, 3.05) is 26.2 Å². The quantitative estimate of drug-likeness (QED) is 0.847. The van der Waals surface area contributed by atoms with Crippen LogP contribution >= 0.6 is 0 Å². The molecule has 0 aliphatic carbocycles. The third-order valence-corrected chi connectivity index (χ3v) is 5.39. The first-order valence-electron chi connectivity index (χ1n) is 8.76. The Morgan fingerprint density at radius 3 is 2.43 bits per heavy atom. The van der Waals surface area contributed by atoms with Crippen molar-refractivity contribution in [3.05, 3.63) is 0 Å². The number of hydrogen-bond donors (Lipinski definition) is 1. The number of rotatable bonds is 5. The number of carbonyl (C=O) groups is 1. The molecule has 21 heavy (non-hydrogen) atoms. The van der Waals surface area contributed by atoms with Gasteiger partial charge in [-0.3, -0.25) is 4.79 Å². The van der Waals surface area contributed by atoms with Gasteiger partial charge in [-0.15, -0.1) is 0 Å². The van der Waals surface area contributed by atoms with E-state index in [2.05, 4.69) is 23.6 Å². The van der Waals surface area contributed by atoms with Gasteiger partial charge in [0.15, 0.2) is 0 Å². The summed E-state index contributed by atoms with van der Waals surface area (Å²) < 4.78 is 0. The minimum Gasteiger partial charge on any atom is -0.481 e. The minimum atomic E-state index is -0.644. The van der Waals surface area contributed by atoms with E-state index in [1.54, 1.807) is 0 Å². The summed E-state index contributed by atoms with van der Waals surface area (Å²) in [5.74, 6) is -0.00901. The summed E-state index contributed by atoms with van der Waals surface area (Å²) >= 11 is 0. The van der Waals surface area contributed by atoms with Gasteiger partial charge in [-0.1, -0.05) is 0 Å². The Kier molecular flexibility index (Phi) is 6.49. The maximum absolute atomic E-state index is 10.7. The fourth-order valence-corrected chi connectivity index (χ4v) is 3.92. The molecular weight excluding hydrogens is 264 g/mol. The molecule has 0 aromatic heterocycles. The standard InChI is InChI=1S/C17H32N2O2/c1-14(2)18-10-3-4-16(9-13-18)19-11-7-15(8-12-19)5-6-17(20)21/h14-16H,3-13H2,1-2H3,(H,20,21). The first kappa shape index (κ1) is 16.8. The number of piperidine rings is 1. The van der Waals surface area contributed by atoms with E-state index in [-0.39, 0.29) is 0 Å². The molecule has 2 heterocycles. The van der Waals surface area contributed by atoms with Gasteiger partial charge < -0.3 is 14.9 Å². The smallest absolute Gasteiger partial charge is 0.303 e. The molecule has 2 fully saturated rings. The van der Waals surface area contributed by atoms with Gasteiger partial charge in [0.05, 0.1) is 0 Å². The average Bonchev–Trinajstić information content (AvgIpc) is 2.71. The van der Waals surface area contributed by atoms with E-state index in [1.165, 1.54) is 58.3 Å². The molecule has 0 bridgehead atoms. The van der Waals surface area contributed by atoms with E-state index in [0.717, 1.165) is 12.5 Å². The maximum atomic E-state index is 10.7. The minimum absolute atomic E-state index is 0.345. The number of nitrogens with zero attached hydrogens (tertiary/aromatic N) is 2. The van der Waals surface area contributed by atoms with Crippen molar-refractivity contribution in [2.24, 2.45) is 5.92 Å². The number of aliphatic carboxylic acids is 1. The number of hydrogen-bond acceptors (Lipinski definition) is 3. The van der Waals surface area contributed by atoms with Crippen LogP contribution in [0, 0.1) is 5.92 Å². The molecule has 2 aliphatic rings. The summed E-state index contributed by atoms with van der Waals surface area (Å²) in [7, 11) is 0. The van der Waals surface area contributed by atoms with Crippen LogP contribution in [0.1, 0.15) is 58.8 Å². The van der Waals surface area contributed by atoms with Crippen LogP contribution in [0.3, 0.4) is 0 Å². The molecule has 122 valence electrons. The topological polar surface area (TPSA) is 43.8 Å². The van der Waals surface area contributed by atoms with Crippen LogP contribution in [0.4, 0.5) is 0 Å². The Labute approximate surface area is 129 Å². The highest BCUT2D eigenvalue weighted by molar-refractivity contribution is 5.66. The molecule has 0 aromatic rings. The highest BCUT2D eigenvalue weighted by Crippen LogP contribution is 2.26. The summed E-state index contributed by atoms with van der Waals surface area (Å²) in [6, 6.07) is 1.43. The van der Waals surface area contributed by atoms with Crippen molar-refractivity contribution in [2.45, 2.75) is 70.9 Å². The Bertz CT molecular complexity index is 325. The lowest BCUT2D eigenvalue weighted by molar-refractivity contribution is -0.137. The van der Waals surface area contributed by atoms with Gasteiger partial charge in [0.1, 0.15) is 0 Å². The van der Waals surface area contributed by atoms with Gasteiger partial charge in [0, 0.05) is 18.5 Å². The van der Waals surface area contributed by atoms with E-state index in [0.29, 0.717) is 18.4 Å². The zero-order chi connectivity index (χ0) is 15.2. The molecule has 4 nitrogen and oxygen atoms in total. The molecule has 2 aliphatic heterocycles. The van der Waals surface area contributed by atoms with Gasteiger partial charge in [0.2, 0.25) is 0 Å². The predicted octanol–water partition coefficient (Wildman–Crippen LogP) is 2.83. The summed E-state index contributed by atoms with van der Waals surface area (Å²) in [5.41, 5.74) is 0. The van der Waals surface area contributed by atoms with Gasteiger partial charge in [-0.05, 0) is 84.5 Å². The molecule has 0 amide bonds. The van der Waals surface area contributed by atoms with Crippen LogP contribution in [-0.4, -0.2) is 59.1 Å². The highest BCUT2D eigenvalue weighted by atomic mass is 16.4. The van der Waals surface area contributed by atoms with Crippen LogP contribution in [0.25, 0.3) is 0 Å². The molecule has 0 saturated carbocycles. The van der Waals surface area contributed by atoms with Crippen molar-refractivity contribution in [3.8, 4) is 0 Å². The SMILES string of the molecule is CC(C)N1CCCC(N2CCC(CCC(=O)O)CC2)CC1. The molecule has 1 atom stereocenters. The van der Waals surface area contributed by atoms with Crippen molar-refractivity contribution < 1.29 is 9.90 Å². The second-order valence-corrected chi connectivity index (χ2v) is 7.13. The van der Waals surface area contributed by atoms with Crippen molar-refractivity contribution in [3.63, 3.8) is 0 Å². The Morgan fingerprint density at radius 2 is 1.81 bits per heavy atom. The van der Waals surface area contributed by atoms with Crippen LogP contribution in [0.2, 0.25) is 0 Å². The Morgan fingerprint density at radius 1 is 1.10 bits per heavy atom. The normalized spacial score (nSPS) is 26.9. The Hall–Kier alpha value is -0.610. The molecule has 2 saturated heterocycles. The van der Waals surface area contributed by atoms with Crippen LogP contribution < -0.4 is 0 Å². The van der Waals surface area contributed by atoms with E-state index >= 15 is 0 Å². The predicted molar refractivity (Wildman–Crippen MR) is 85.5 cm³/mol. The molecule has 1 N–H and O–H groups in total. The lowest BCUT2D eigenvalue weighted by atomic mass is 9.90. The molecule has 4 heteroatoms. The molecular formula is C17H32N2O2. The first-order chi connectivity index (χ1) is 10.1. The lowest BCUT2D eigenvalue weighted by Crippen LogP contribution is -2.42. The van der Waals surface area contributed by atoms with E-state index in [1.807, 2.05) is 0 Å². The third-order valence-electron chi connectivity index (χ3n) is 5.39. The zero-order valence-corrected chi connectivity index (χ0v) is 13.8. The van der Waals surface area contributed by atoms with E-state index < -0.39 is 5.97 Å². The van der Waals surface area contributed by atoms with Crippen LogP contribution in [0.5, 0.6) is 0 Å². The molecule has 0 aromatic carbocycles. The number of carboxylic acids is 1. The van der Waals surface area contributed by atoms with Gasteiger partial charge in [-0.25, -0.2) is 0 Å². The van der Waals surface area contributed by atoms with Gasteiger partial charge in [-0.2, -0.15) is 0 Å². The Balaban J connectivity index is 1.73. The maximum Gasteiger partial charge on any atom is 0.303 e. The molecule has 0 spiro atoms. The first-order valence-corrected chi connectivity index (χ1v) is 8.76. The fraction of sp³-hybridized carbons (Fsp3) is 0.941. The van der Waals surface area contributed by atoms with Gasteiger partial charge >= 0.3 is 5.97 Å². The van der Waals surface area contributed by atoms with Crippen molar-refractivity contribution in [1.82, 2.24) is 9.80 Å². The van der Waals surface area contributed by atoms with Gasteiger partial charge in [0.25, 0.3) is 0 Å². The van der Waals surface area contributed by atoms with Crippen molar-refractivity contribution >= 4 is 5.97 Å². The summed E-state index contributed by atoms with van der Waals surface area (Å²) in [6.45, 7) is 9.44. The van der Waals surface area contributed by atoms with Crippen molar-refractivity contribution in [1.29, 1.82) is 0 Å². The summed E-state index contributed by atoms with van der Waals surface area (Å²) in [6.07, 6.45) is 7.56. The van der Waals surface area contributed by atoms with E-state index in [4.69, 9.17) is 5.11 Å². The monoisotopic (exact) mass is 296 g/mol. The fourth-order valence-electron chi connectivity index (χ4n) is 3.92. The zero-order valence-electron chi connectivity index (χ0n) is 13.8. The molecule has 2 rings (SSSR count). The highest BCUT2D eigenvalue weighted by Gasteiger charge is 2.27. The average molecular weight is 296 g/mol. The third kappa shape index (κ3) is 5.26. The number of likely N-dealkylation sites (tertiary alicyclic amines) is 2. The molecule has 0 radical (unpaired) electrons. The summed E-state index contributed by atoms with van der Waals surface area (Å²) in [4.78, 5) is 16.0. The largest absolute Gasteiger partial charge is 0.481 e. The van der Waals surface area contributed by atoms with Crippen LogP contribution in [0.15, 0.2) is 0 Å². The molecule has 1 unspecified atom stereocenters. The van der Waals surface area contributed by atoms with Crippen LogP contribution in [-0.2, 0) is 4.79 Å². The number of carboxylic acid groups (broad SMARTS) is 1. The van der Waals surface area contributed by atoms with E-state index in [9.17, 15) is 4.79 Å². The second kappa shape index (κ2) is 8.14. The lowest BCUT2D eigenvalue weighted by Gasteiger charge is -2.37. The second-order valence-electron chi connectivity index (χ2n) is 7.13.